The molecule has 0 bridgehead atoms. The van der Waals surface area contributed by atoms with Gasteiger partial charge in [-0.25, -0.2) is 4.79 Å². The van der Waals surface area contributed by atoms with E-state index in [1.54, 1.807) is 12.4 Å². The number of thiophene rings is 1. The molecule has 0 aromatic carbocycles. The van der Waals surface area contributed by atoms with Crippen molar-refractivity contribution in [3.8, 4) is 0 Å². The Bertz CT molecular complexity index is 722. The first-order valence-electron chi connectivity index (χ1n) is 4.81. The monoisotopic (exact) mass is 254 g/mol. The SMILES string of the molecule is Cn1c(=O)c2c(CC(=O)O)scc2n(C)c1=O. The van der Waals surface area contributed by atoms with Crippen molar-refractivity contribution in [2.45, 2.75) is 6.42 Å². The van der Waals surface area contributed by atoms with Crippen LogP contribution in [0.25, 0.3) is 10.9 Å². The number of carbonyl (C=O) groups is 1. The molecule has 17 heavy (non-hydrogen) atoms. The summed E-state index contributed by atoms with van der Waals surface area (Å²) in [6.45, 7) is 0. The average Bonchev–Trinajstić information content (AvgIpc) is 2.66. The van der Waals surface area contributed by atoms with Crippen LogP contribution in [0, 0.1) is 0 Å². The molecule has 2 heterocycles. The first-order valence-corrected chi connectivity index (χ1v) is 5.69. The minimum atomic E-state index is -0.996. The summed E-state index contributed by atoms with van der Waals surface area (Å²) in [5, 5.41) is 10.7. The zero-order chi connectivity index (χ0) is 12.7. The number of aliphatic carboxylic acids is 1. The molecule has 0 saturated carbocycles. The van der Waals surface area contributed by atoms with Crippen LogP contribution in [0.4, 0.5) is 0 Å². The van der Waals surface area contributed by atoms with Crippen LogP contribution >= 0.6 is 11.3 Å². The van der Waals surface area contributed by atoms with E-state index in [-0.39, 0.29) is 6.42 Å². The van der Waals surface area contributed by atoms with Crippen LogP contribution in [-0.2, 0) is 25.3 Å². The second-order valence-corrected chi connectivity index (χ2v) is 4.66. The smallest absolute Gasteiger partial charge is 0.330 e. The lowest BCUT2D eigenvalue weighted by molar-refractivity contribution is -0.136. The molecular formula is C10H10N2O4S. The third kappa shape index (κ3) is 1.68. The van der Waals surface area contributed by atoms with Crippen LogP contribution in [0.5, 0.6) is 0 Å². The van der Waals surface area contributed by atoms with Gasteiger partial charge in [0.05, 0.1) is 17.3 Å². The van der Waals surface area contributed by atoms with E-state index in [0.29, 0.717) is 15.8 Å². The second-order valence-electron chi connectivity index (χ2n) is 3.70. The maximum atomic E-state index is 11.9. The van der Waals surface area contributed by atoms with Gasteiger partial charge in [-0.15, -0.1) is 11.3 Å². The number of rotatable bonds is 2. The number of carboxylic acids is 1. The van der Waals surface area contributed by atoms with Crippen molar-refractivity contribution in [2.75, 3.05) is 0 Å². The number of carboxylic acid groups (broad SMARTS) is 1. The van der Waals surface area contributed by atoms with Gasteiger partial charge in [-0.3, -0.25) is 18.7 Å². The second kappa shape index (κ2) is 3.85. The van der Waals surface area contributed by atoms with Gasteiger partial charge in [-0.2, -0.15) is 0 Å². The zero-order valence-corrected chi connectivity index (χ0v) is 10.1. The summed E-state index contributed by atoms with van der Waals surface area (Å²) in [6.07, 6.45) is -0.207. The van der Waals surface area contributed by atoms with Gasteiger partial charge in [0.2, 0.25) is 0 Å². The van der Waals surface area contributed by atoms with E-state index >= 15 is 0 Å². The Morgan fingerprint density at radius 1 is 1.35 bits per heavy atom. The van der Waals surface area contributed by atoms with Crippen molar-refractivity contribution in [3.63, 3.8) is 0 Å². The third-order valence-corrected chi connectivity index (χ3v) is 3.59. The Kier molecular flexibility index (Phi) is 2.62. The normalized spacial score (nSPS) is 10.9. The summed E-state index contributed by atoms with van der Waals surface area (Å²) in [5.41, 5.74) is -0.373. The van der Waals surface area contributed by atoms with Crippen LogP contribution in [-0.4, -0.2) is 20.2 Å². The van der Waals surface area contributed by atoms with Crippen LogP contribution in [0.3, 0.4) is 0 Å². The molecule has 7 heteroatoms. The summed E-state index contributed by atoms with van der Waals surface area (Å²) >= 11 is 1.18. The predicted molar refractivity (Wildman–Crippen MR) is 63.6 cm³/mol. The van der Waals surface area contributed by atoms with Crippen molar-refractivity contribution < 1.29 is 9.90 Å². The standard InChI is InChI=1S/C10H10N2O4S/c1-11-5-4-17-6(3-7(13)14)8(5)9(15)12(2)10(11)16/h4H,3H2,1-2H3,(H,13,14). The van der Waals surface area contributed by atoms with E-state index in [4.69, 9.17) is 5.11 Å². The highest BCUT2D eigenvalue weighted by Crippen LogP contribution is 2.21. The van der Waals surface area contributed by atoms with E-state index in [0.717, 1.165) is 4.57 Å². The first kappa shape index (κ1) is 11.6. The molecule has 0 spiro atoms. The summed E-state index contributed by atoms with van der Waals surface area (Å²) in [5.74, 6) is -0.996. The molecule has 2 aromatic heterocycles. The number of aryl methyl sites for hydroxylation is 1. The molecule has 0 saturated heterocycles. The number of hydrogen-bond donors (Lipinski definition) is 1. The Labute approximate surface area is 99.4 Å². The minimum Gasteiger partial charge on any atom is -0.481 e. The van der Waals surface area contributed by atoms with Crippen molar-refractivity contribution in [1.29, 1.82) is 0 Å². The number of fused-ring (bicyclic) bond motifs is 1. The molecule has 2 rings (SSSR count). The molecule has 90 valence electrons. The van der Waals surface area contributed by atoms with Gasteiger partial charge in [0.25, 0.3) is 5.56 Å². The fraction of sp³-hybridized carbons (Fsp3) is 0.300. The van der Waals surface area contributed by atoms with E-state index in [1.807, 2.05) is 0 Å². The number of nitrogens with zero attached hydrogens (tertiary/aromatic N) is 2. The van der Waals surface area contributed by atoms with E-state index in [9.17, 15) is 14.4 Å². The van der Waals surface area contributed by atoms with Crippen molar-refractivity contribution in [3.05, 3.63) is 31.1 Å². The van der Waals surface area contributed by atoms with Crippen LogP contribution in [0.2, 0.25) is 0 Å². The first-order chi connectivity index (χ1) is 7.93. The van der Waals surface area contributed by atoms with Crippen LogP contribution in [0.15, 0.2) is 15.0 Å². The molecule has 0 amide bonds. The maximum Gasteiger partial charge on any atom is 0.330 e. The van der Waals surface area contributed by atoms with E-state index < -0.39 is 17.2 Å². The molecule has 6 nitrogen and oxygen atoms in total. The van der Waals surface area contributed by atoms with Crippen LogP contribution < -0.4 is 11.2 Å². The topological polar surface area (TPSA) is 81.3 Å². The van der Waals surface area contributed by atoms with Gasteiger partial charge in [-0.1, -0.05) is 0 Å². The quantitative estimate of drug-likeness (QED) is 0.813. The minimum absolute atomic E-state index is 0.207. The van der Waals surface area contributed by atoms with Crippen molar-refractivity contribution >= 4 is 28.2 Å². The molecule has 0 radical (unpaired) electrons. The molecule has 0 fully saturated rings. The molecule has 0 atom stereocenters. The molecule has 0 unspecified atom stereocenters. The highest BCUT2D eigenvalue weighted by molar-refractivity contribution is 7.11. The largest absolute Gasteiger partial charge is 0.481 e. The van der Waals surface area contributed by atoms with Gasteiger partial charge >= 0.3 is 11.7 Å². The molecular weight excluding hydrogens is 244 g/mol. The lowest BCUT2D eigenvalue weighted by atomic mass is 10.2. The third-order valence-electron chi connectivity index (χ3n) is 2.61. The summed E-state index contributed by atoms with van der Waals surface area (Å²) in [4.78, 5) is 34.7. The lowest BCUT2D eigenvalue weighted by Crippen LogP contribution is -2.36. The lowest BCUT2D eigenvalue weighted by Gasteiger charge is -2.04. The summed E-state index contributed by atoms with van der Waals surface area (Å²) < 4.78 is 2.33. The highest BCUT2D eigenvalue weighted by atomic mass is 32.1. The maximum absolute atomic E-state index is 11.9. The zero-order valence-electron chi connectivity index (χ0n) is 9.26. The summed E-state index contributed by atoms with van der Waals surface area (Å²) in [6, 6.07) is 0. The van der Waals surface area contributed by atoms with Gasteiger partial charge in [-0.05, 0) is 0 Å². The number of hydrogen-bond acceptors (Lipinski definition) is 4. The Morgan fingerprint density at radius 3 is 2.59 bits per heavy atom. The predicted octanol–water partition coefficient (Wildman–Crippen LogP) is -0.0742. The van der Waals surface area contributed by atoms with Crippen molar-refractivity contribution in [2.24, 2.45) is 14.1 Å². The average molecular weight is 254 g/mol. The fourth-order valence-corrected chi connectivity index (χ4v) is 2.76. The summed E-state index contributed by atoms with van der Waals surface area (Å²) in [7, 11) is 2.94. The fourth-order valence-electron chi connectivity index (χ4n) is 1.71. The highest BCUT2D eigenvalue weighted by Gasteiger charge is 2.16. The Morgan fingerprint density at radius 2 is 2.00 bits per heavy atom. The molecule has 1 N–H and O–H groups in total. The van der Waals surface area contributed by atoms with Gasteiger partial charge in [0, 0.05) is 24.4 Å². The van der Waals surface area contributed by atoms with Gasteiger partial charge < -0.3 is 5.11 Å². The van der Waals surface area contributed by atoms with E-state index in [1.165, 1.54) is 23.0 Å². The van der Waals surface area contributed by atoms with Gasteiger partial charge in [0.15, 0.2) is 0 Å². The Hall–Kier alpha value is -1.89. The van der Waals surface area contributed by atoms with Crippen LogP contribution in [0.1, 0.15) is 4.88 Å². The van der Waals surface area contributed by atoms with E-state index in [2.05, 4.69) is 0 Å². The Balaban J connectivity index is 2.90. The molecule has 0 aliphatic rings. The molecule has 0 aliphatic heterocycles. The molecule has 0 aliphatic carbocycles. The number of aromatic nitrogens is 2. The molecule has 2 aromatic rings. The van der Waals surface area contributed by atoms with Crippen molar-refractivity contribution in [1.82, 2.24) is 9.13 Å². The van der Waals surface area contributed by atoms with Gasteiger partial charge in [0.1, 0.15) is 0 Å².